The fourth-order valence-corrected chi connectivity index (χ4v) is 2.76. The molecule has 0 bridgehead atoms. The van der Waals surface area contributed by atoms with Crippen LogP contribution in [0.5, 0.6) is 0 Å². The number of anilines is 1. The number of rotatable bonds is 6. The third kappa shape index (κ3) is 3.05. The first-order chi connectivity index (χ1) is 11.6. The van der Waals surface area contributed by atoms with E-state index in [0.29, 0.717) is 29.7 Å². The number of carbonyl (C=O) groups is 1. The lowest BCUT2D eigenvalue weighted by Crippen LogP contribution is -2.14. The van der Waals surface area contributed by atoms with Crippen LogP contribution in [0.25, 0.3) is 11.0 Å². The van der Waals surface area contributed by atoms with E-state index in [1.165, 1.54) is 0 Å². The Labute approximate surface area is 138 Å². The number of amides is 1. The molecule has 1 aromatic carbocycles. The lowest BCUT2D eigenvalue weighted by atomic mass is 10.1. The predicted octanol–water partition coefficient (Wildman–Crippen LogP) is 1.77. The SMILES string of the molecule is CCCc1nn(C)c2c(=O)[nH]c(Cc3ccc(NC=O)cc3)nc12. The second-order valence-corrected chi connectivity index (χ2v) is 5.67. The average molecular weight is 325 g/mol. The van der Waals surface area contributed by atoms with Gasteiger partial charge in [0, 0.05) is 19.2 Å². The van der Waals surface area contributed by atoms with Crippen molar-refractivity contribution in [1.82, 2.24) is 19.7 Å². The van der Waals surface area contributed by atoms with E-state index in [2.05, 4.69) is 27.3 Å². The zero-order valence-corrected chi connectivity index (χ0v) is 13.7. The Kier molecular flexibility index (Phi) is 4.41. The quantitative estimate of drug-likeness (QED) is 0.676. The fourth-order valence-electron chi connectivity index (χ4n) is 2.76. The van der Waals surface area contributed by atoms with Crippen LogP contribution in [0.4, 0.5) is 5.69 Å². The molecular formula is C17H19N5O2. The van der Waals surface area contributed by atoms with Gasteiger partial charge in [-0.3, -0.25) is 14.3 Å². The molecular weight excluding hydrogens is 306 g/mol. The van der Waals surface area contributed by atoms with Gasteiger partial charge in [0.25, 0.3) is 5.56 Å². The summed E-state index contributed by atoms with van der Waals surface area (Å²) in [5.41, 5.74) is 3.59. The molecule has 0 unspecified atom stereocenters. The van der Waals surface area contributed by atoms with Crippen LogP contribution in [0.3, 0.4) is 0 Å². The van der Waals surface area contributed by atoms with Crippen molar-refractivity contribution in [3.05, 3.63) is 51.7 Å². The Balaban J connectivity index is 1.96. The molecule has 2 aromatic heterocycles. The van der Waals surface area contributed by atoms with Crippen LogP contribution in [0.1, 0.15) is 30.4 Å². The zero-order chi connectivity index (χ0) is 17.1. The molecule has 124 valence electrons. The highest BCUT2D eigenvalue weighted by Gasteiger charge is 2.14. The molecule has 7 heteroatoms. The molecule has 7 nitrogen and oxygen atoms in total. The normalized spacial score (nSPS) is 10.9. The molecule has 0 aliphatic heterocycles. The Morgan fingerprint density at radius 2 is 2.04 bits per heavy atom. The molecule has 3 rings (SSSR count). The van der Waals surface area contributed by atoms with Crippen molar-refractivity contribution in [2.45, 2.75) is 26.2 Å². The second-order valence-electron chi connectivity index (χ2n) is 5.67. The minimum absolute atomic E-state index is 0.174. The third-order valence-corrected chi connectivity index (χ3v) is 3.85. The number of nitrogens with zero attached hydrogens (tertiary/aromatic N) is 3. The van der Waals surface area contributed by atoms with Crippen LogP contribution in [0.15, 0.2) is 29.1 Å². The van der Waals surface area contributed by atoms with E-state index in [1.807, 2.05) is 24.3 Å². The van der Waals surface area contributed by atoms with Gasteiger partial charge < -0.3 is 10.3 Å². The lowest BCUT2D eigenvalue weighted by Gasteiger charge is -2.04. The van der Waals surface area contributed by atoms with Crippen LogP contribution in [0, 0.1) is 0 Å². The number of nitrogens with one attached hydrogen (secondary N) is 2. The Morgan fingerprint density at radius 3 is 2.71 bits per heavy atom. The summed E-state index contributed by atoms with van der Waals surface area (Å²) in [4.78, 5) is 30.2. The molecule has 0 atom stereocenters. The molecule has 2 N–H and O–H groups in total. The number of H-pyrrole nitrogens is 1. The Bertz CT molecular complexity index is 925. The van der Waals surface area contributed by atoms with Crippen LogP contribution >= 0.6 is 0 Å². The van der Waals surface area contributed by atoms with E-state index in [-0.39, 0.29) is 5.56 Å². The summed E-state index contributed by atoms with van der Waals surface area (Å²) in [5.74, 6) is 0.606. The highest BCUT2D eigenvalue weighted by atomic mass is 16.1. The lowest BCUT2D eigenvalue weighted by molar-refractivity contribution is -0.105. The number of fused-ring (bicyclic) bond motifs is 1. The van der Waals surface area contributed by atoms with Gasteiger partial charge in [0.15, 0.2) is 5.52 Å². The summed E-state index contributed by atoms with van der Waals surface area (Å²) < 4.78 is 1.59. The summed E-state index contributed by atoms with van der Waals surface area (Å²) in [6.45, 7) is 2.07. The Morgan fingerprint density at radius 1 is 1.29 bits per heavy atom. The standard InChI is InChI=1S/C17H19N5O2/c1-3-4-13-15-16(22(2)21-13)17(24)20-14(19-15)9-11-5-7-12(8-6-11)18-10-23/h5-8,10H,3-4,9H2,1-2H3,(H,18,23)(H,19,20,24). The van der Waals surface area contributed by atoms with Crippen molar-refractivity contribution in [3.63, 3.8) is 0 Å². The Hall–Kier alpha value is -2.96. The smallest absolute Gasteiger partial charge is 0.277 e. The van der Waals surface area contributed by atoms with Gasteiger partial charge in [0.1, 0.15) is 11.3 Å². The van der Waals surface area contributed by atoms with Crippen molar-refractivity contribution in [1.29, 1.82) is 0 Å². The summed E-state index contributed by atoms with van der Waals surface area (Å²) in [5, 5.41) is 7.00. The van der Waals surface area contributed by atoms with E-state index >= 15 is 0 Å². The van der Waals surface area contributed by atoms with Crippen molar-refractivity contribution >= 4 is 23.1 Å². The summed E-state index contributed by atoms with van der Waals surface area (Å²) in [6, 6.07) is 7.42. The maximum Gasteiger partial charge on any atom is 0.277 e. The van der Waals surface area contributed by atoms with Crippen molar-refractivity contribution < 1.29 is 4.79 Å². The van der Waals surface area contributed by atoms with Gasteiger partial charge in [-0.1, -0.05) is 25.5 Å². The number of hydrogen-bond acceptors (Lipinski definition) is 4. The molecule has 0 saturated heterocycles. The number of benzene rings is 1. The largest absolute Gasteiger partial charge is 0.329 e. The van der Waals surface area contributed by atoms with Gasteiger partial charge in [-0.25, -0.2) is 4.98 Å². The number of hydrogen-bond donors (Lipinski definition) is 2. The molecule has 3 aromatic rings. The minimum atomic E-state index is -0.174. The average Bonchev–Trinajstić information content (AvgIpc) is 2.86. The van der Waals surface area contributed by atoms with Gasteiger partial charge in [0.05, 0.1) is 5.69 Å². The molecule has 2 heterocycles. The first-order valence-electron chi connectivity index (χ1n) is 7.86. The first-order valence-corrected chi connectivity index (χ1v) is 7.86. The monoisotopic (exact) mass is 325 g/mol. The minimum Gasteiger partial charge on any atom is -0.329 e. The topological polar surface area (TPSA) is 92.7 Å². The summed E-state index contributed by atoms with van der Waals surface area (Å²) in [6.07, 6.45) is 2.88. The van der Waals surface area contributed by atoms with Crippen LogP contribution < -0.4 is 10.9 Å². The molecule has 0 fully saturated rings. The van der Waals surface area contributed by atoms with E-state index in [9.17, 15) is 9.59 Å². The summed E-state index contributed by atoms with van der Waals surface area (Å²) >= 11 is 0. The highest BCUT2D eigenvalue weighted by Crippen LogP contribution is 2.16. The van der Waals surface area contributed by atoms with Crippen molar-refractivity contribution in [3.8, 4) is 0 Å². The van der Waals surface area contributed by atoms with Gasteiger partial charge in [-0.2, -0.15) is 5.10 Å². The maximum absolute atomic E-state index is 12.4. The fraction of sp³-hybridized carbons (Fsp3) is 0.294. The van der Waals surface area contributed by atoms with E-state index in [1.54, 1.807) is 11.7 Å². The number of aromatic amines is 1. The van der Waals surface area contributed by atoms with Crippen LogP contribution in [0.2, 0.25) is 0 Å². The number of aryl methyl sites for hydroxylation is 2. The van der Waals surface area contributed by atoms with E-state index < -0.39 is 0 Å². The van der Waals surface area contributed by atoms with Crippen LogP contribution in [-0.2, 0) is 24.7 Å². The predicted molar refractivity (Wildman–Crippen MR) is 92.1 cm³/mol. The molecule has 24 heavy (non-hydrogen) atoms. The first kappa shape index (κ1) is 15.9. The molecule has 0 aliphatic carbocycles. The van der Waals surface area contributed by atoms with Crippen molar-refractivity contribution in [2.75, 3.05) is 5.32 Å². The summed E-state index contributed by atoms with van der Waals surface area (Å²) in [7, 11) is 1.76. The van der Waals surface area contributed by atoms with Crippen LogP contribution in [-0.4, -0.2) is 26.2 Å². The molecule has 0 radical (unpaired) electrons. The highest BCUT2D eigenvalue weighted by molar-refractivity contribution is 5.76. The zero-order valence-electron chi connectivity index (χ0n) is 13.7. The molecule has 0 aliphatic rings. The number of aromatic nitrogens is 4. The molecule has 0 spiro atoms. The van der Waals surface area contributed by atoms with Gasteiger partial charge in [-0.15, -0.1) is 0 Å². The maximum atomic E-state index is 12.4. The molecule has 0 saturated carbocycles. The molecule has 1 amide bonds. The van der Waals surface area contributed by atoms with Gasteiger partial charge >= 0.3 is 0 Å². The van der Waals surface area contributed by atoms with Gasteiger partial charge in [-0.05, 0) is 24.1 Å². The number of carbonyl (C=O) groups excluding carboxylic acids is 1. The third-order valence-electron chi connectivity index (χ3n) is 3.85. The van der Waals surface area contributed by atoms with Crippen molar-refractivity contribution in [2.24, 2.45) is 7.05 Å². The van der Waals surface area contributed by atoms with Gasteiger partial charge in [0.2, 0.25) is 6.41 Å². The van der Waals surface area contributed by atoms with E-state index in [0.717, 1.165) is 29.8 Å². The van der Waals surface area contributed by atoms with E-state index in [4.69, 9.17) is 0 Å². The second kappa shape index (κ2) is 6.66.